The van der Waals surface area contributed by atoms with E-state index >= 15 is 0 Å². The van der Waals surface area contributed by atoms with E-state index in [2.05, 4.69) is 62.3 Å². The van der Waals surface area contributed by atoms with Crippen molar-refractivity contribution >= 4 is 28.7 Å². The number of ketones is 1. The highest BCUT2D eigenvalue weighted by atomic mass is 16.5. The molecule has 0 aliphatic rings. The van der Waals surface area contributed by atoms with Gasteiger partial charge in [-0.25, -0.2) is 9.78 Å². The summed E-state index contributed by atoms with van der Waals surface area (Å²) in [5.74, 6) is -0.315. The summed E-state index contributed by atoms with van der Waals surface area (Å²) in [6, 6.07) is 27.3. The quantitative estimate of drug-likeness (QED) is 0.0965. The zero-order chi connectivity index (χ0) is 35.9. The molecule has 4 aromatic rings. The molecule has 50 heavy (non-hydrogen) atoms. The van der Waals surface area contributed by atoms with Gasteiger partial charge in [0.15, 0.2) is 5.78 Å². The summed E-state index contributed by atoms with van der Waals surface area (Å²) in [7, 11) is 0. The molecule has 2 amide bonds. The highest BCUT2D eigenvalue weighted by Crippen LogP contribution is 2.27. The summed E-state index contributed by atoms with van der Waals surface area (Å²) in [6.45, 7) is 12.1. The van der Waals surface area contributed by atoms with Gasteiger partial charge < -0.3 is 15.4 Å². The van der Waals surface area contributed by atoms with Crippen molar-refractivity contribution in [3.05, 3.63) is 102 Å². The van der Waals surface area contributed by atoms with Crippen molar-refractivity contribution in [3.8, 4) is 11.3 Å². The highest BCUT2D eigenvalue weighted by Gasteiger charge is 2.24. The lowest BCUT2D eigenvalue weighted by atomic mass is 9.98. The lowest BCUT2D eigenvalue weighted by Crippen LogP contribution is -2.42. The summed E-state index contributed by atoms with van der Waals surface area (Å²) in [6.07, 6.45) is 4.46. The number of hydrogen-bond donors (Lipinski definition) is 2. The van der Waals surface area contributed by atoms with E-state index in [1.165, 1.54) is 0 Å². The number of nitrogens with zero attached hydrogens (tertiary/aromatic N) is 2. The molecule has 8 nitrogen and oxygen atoms in total. The number of Topliss-reactive ketones (excluding diaryl/α,β-unsaturated/α-hetero) is 1. The normalized spacial score (nSPS) is 12.0. The molecule has 1 unspecified atom stereocenters. The lowest BCUT2D eigenvalue weighted by molar-refractivity contribution is -0.121. The van der Waals surface area contributed by atoms with Crippen LogP contribution in [0.2, 0.25) is 0 Å². The van der Waals surface area contributed by atoms with Crippen molar-refractivity contribution in [1.82, 2.24) is 20.5 Å². The molecule has 0 saturated carbocycles. The zero-order valence-corrected chi connectivity index (χ0v) is 30.4. The molecule has 266 valence electrons. The minimum atomic E-state index is -0.706. The molecule has 0 radical (unpaired) electrons. The van der Waals surface area contributed by atoms with Crippen LogP contribution in [0.25, 0.3) is 22.2 Å². The molecule has 0 aliphatic carbocycles. The number of aromatic nitrogens is 1. The van der Waals surface area contributed by atoms with Gasteiger partial charge in [0, 0.05) is 36.0 Å². The highest BCUT2D eigenvalue weighted by molar-refractivity contribution is 6.08. The Morgan fingerprint density at radius 3 is 2.20 bits per heavy atom. The molecule has 1 aromatic heterocycles. The van der Waals surface area contributed by atoms with E-state index in [-0.39, 0.29) is 18.3 Å². The fraction of sp³-hybridized carbons (Fsp3) is 0.429. The number of rotatable bonds is 19. The number of fused-ring (bicyclic) bond motifs is 1. The van der Waals surface area contributed by atoms with E-state index in [4.69, 9.17) is 9.72 Å². The van der Waals surface area contributed by atoms with E-state index in [1.54, 1.807) is 0 Å². The van der Waals surface area contributed by atoms with Gasteiger partial charge in [-0.3, -0.25) is 14.5 Å². The van der Waals surface area contributed by atoms with Crippen LogP contribution in [0.4, 0.5) is 4.79 Å². The molecule has 0 saturated heterocycles. The van der Waals surface area contributed by atoms with E-state index in [9.17, 15) is 14.4 Å². The van der Waals surface area contributed by atoms with Crippen LogP contribution in [0.15, 0.2) is 84.9 Å². The van der Waals surface area contributed by atoms with E-state index < -0.39 is 12.1 Å². The number of unbranched alkanes of at least 4 members (excludes halogenated alkanes) is 1. The van der Waals surface area contributed by atoms with Gasteiger partial charge in [-0.1, -0.05) is 80.1 Å². The molecule has 8 heteroatoms. The Morgan fingerprint density at radius 2 is 1.52 bits per heavy atom. The molecule has 0 spiro atoms. The first-order chi connectivity index (χ1) is 24.2. The van der Waals surface area contributed by atoms with Crippen molar-refractivity contribution in [2.45, 2.75) is 104 Å². The number of nitrogens with one attached hydrogen (secondary N) is 2. The van der Waals surface area contributed by atoms with Gasteiger partial charge in [0.1, 0.15) is 6.61 Å². The minimum Gasteiger partial charge on any atom is -0.445 e. The molecule has 0 fully saturated rings. The van der Waals surface area contributed by atoms with Gasteiger partial charge in [-0.15, -0.1) is 0 Å². The maximum atomic E-state index is 14.2. The first kappa shape index (κ1) is 38.2. The molecule has 0 bridgehead atoms. The SMILES string of the molecule is CCCCc1ccc2nc(-c3ccccc3)cc(C(=O)NC(CCCNC(=O)OCc3ccccc3)C(=O)CCCN(C(C)C)C(C)C)c2c1. The van der Waals surface area contributed by atoms with Crippen LogP contribution >= 0.6 is 0 Å². The third-order valence-corrected chi connectivity index (χ3v) is 9.02. The number of hydrogen-bond acceptors (Lipinski definition) is 6. The number of benzene rings is 3. The van der Waals surface area contributed by atoms with Gasteiger partial charge in [-0.2, -0.15) is 0 Å². The Balaban J connectivity index is 1.52. The van der Waals surface area contributed by atoms with E-state index in [0.29, 0.717) is 55.6 Å². The van der Waals surface area contributed by atoms with Crippen molar-refractivity contribution in [1.29, 1.82) is 0 Å². The summed E-state index contributed by atoms with van der Waals surface area (Å²) in [5.41, 5.74) is 4.91. The second-order valence-corrected chi connectivity index (χ2v) is 13.5. The Bertz CT molecular complexity index is 1670. The second kappa shape index (κ2) is 19.6. The van der Waals surface area contributed by atoms with Gasteiger partial charge >= 0.3 is 6.09 Å². The molecule has 4 rings (SSSR count). The second-order valence-electron chi connectivity index (χ2n) is 13.5. The summed E-state index contributed by atoms with van der Waals surface area (Å²) in [4.78, 5) is 47.6. The largest absolute Gasteiger partial charge is 0.445 e. The number of aryl methyl sites for hydroxylation is 1. The first-order valence-corrected chi connectivity index (χ1v) is 18.2. The lowest BCUT2D eigenvalue weighted by Gasteiger charge is -2.30. The third kappa shape index (κ3) is 11.5. The Kier molecular flexibility index (Phi) is 15.0. The maximum absolute atomic E-state index is 14.2. The van der Waals surface area contributed by atoms with Crippen molar-refractivity contribution in [2.24, 2.45) is 0 Å². The van der Waals surface area contributed by atoms with Crippen LogP contribution in [-0.4, -0.2) is 58.9 Å². The number of carbonyl (C=O) groups excluding carboxylic acids is 3. The fourth-order valence-electron chi connectivity index (χ4n) is 6.30. The van der Waals surface area contributed by atoms with E-state index in [1.807, 2.05) is 72.8 Å². The topological polar surface area (TPSA) is 101 Å². The Morgan fingerprint density at radius 1 is 0.820 bits per heavy atom. The van der Waals surface area contributed by atoms with Crippen LogP contribution in [0.1, 0.15) is 94.6 Å². The monoisotopic (exact) mass is 678 g/mol. The van der Waals surface area contributed by atoms with Gasteiger partial charge in [0.2, 0.25) is 0 Å². The van der Waals surface area contributed by atoms with Crippen molar-refractivity contribution in [3.63, 3.8) is 0 Å². The number of pyridine rings is 1. The standard InChI is InChI=1S/C42H54N4O4/c1-6-7-16-32-23-24-37-35(27-32)36(28-39(44-37)34-19-12-9-13-20-34)41(48)45-38(40(47)22-15-26-46(30(2)3)31(4)5)21-14-25-43-42(49)50-29-33-17-10-8-11-18-33/h8-13,17-20,23-24,27-28,30-31,38H,6-7,14-16,21-22,25-26,29H2,1-5H3,(H,43,49)(H,45,48). The smallest absolute Gasteiger partial charge is 0.407 e. The van der Waals surface area contributed by atoms with Gasteiger partial charge in [0.05, 0.1) is 22.8 Å². The zero-order valence-electron chi connectivity index (χ0n) is 30.4. The molecular weight excluding hydrogens is 624 g/mol. The number of alkyl carbamates (subject to hydrolysis) is 1. The third-order valence-electron chi connectivity index (χ3n) is 9.02. The maximum Gasteiger partial charge on any atom is 0.407 e. The summed E-state index contributed by atoms with van der Waals surface area (Å²) in [5, 5.41) is 6.67. The molecule has 1 heterocycles. The van der Waals surface area contributed by atoms with Crippen LogP contribution in [0, 0.1) is 0 Å². The number of amides is 2. The molecule has 1 atom stereocenters. The molecule has 2 N–H and O–H groups in total. The summed E-state index contributed by atoms with van der Waals surface area (Å²) >= 11 is 0. The van der Waals surface area contributed by atoms with Crippen molar-refractivity contribution in [2.75, 3.05) is 13.1 Å². The molecular formula is C42H54N4O4. The average Bonchev–Trinajstić information content (AvgIpc) is 3.12. The van der Waals surface area contributed by atoms with Crippen LogP contribution < -0.4 is 10.6 Å². The summed E-state index contributed by atoms with van der Waals surface area (Å²) < 4.78 is 5.34. The minimum absolute atomic E-state index is 0.0113. The van der Waals surface area contributed by atoms with Crippen LogP contribution in [0.3, 0.4) is 0 Å². The fourth-order valence-corrected chi connectivity index (χ4v) is 6.30. The van der Waals surface area contributed by atoms with E-state index in [0.717, 1.165) is 53.4 Å². The molecule has 0 aliphatic heterocycles. The number of carbonyl (C=O) groups is 3. The predicted molar refractivity (Wildman–Crippen MR) is 202 cm³/mol. The Labute approximate surface area is 298 Å². The average molecular weight is 679 g/mol. The number of ether oxygens (including phenoxy) is 1. The first-order valence-electron chi connectivity index (χ1n) is 18.2. The predicted octanol–water partition coefficient (Wildman–Crippen LogP) is 8.52. The van der Waals surface area contributed by atoms with Crippen LogP contribution in [-0.2, 0) is 22.6 Å². The van der Waals surface area contributed by atoms with Crippen LogP contribution in [0.5, 0.6) is 0 Å². The van der Waals surface area contributed by atoms with Crippen molar-refractivity contribution < 1.29 is 19.1 Å². The van der Waals surface area contributed by atoms with Gasteiger partial charge in [0.25, 0.3) is 5.91 Å². The molecule has 3 aromatic carbocycles. The van der Waals surface area contributed by atoms with Gasteiger partial charge in [-0.05, 0) is 95.7 Å². The Hall–Kier alpha value is -4.56.